The van der Waals surface area contributed by atoms with Gasteiger partial charge in [-0.1, -0.05) is 6.92 Å². The van der Waals surface area contributed by atoms with E-state index in [1.54, 1.807) is 0 Å². The van der Waals surface area contributed by atoms with Gasteiger partial charge in [0, 0.05) is 18.2 Å². The Labute approximate surface area is 112 Å². The fourth-order valence-corrected chi connectivity index (χ4v) is 2.02. The van der Waals surface area contributed by atoms with Crippen LogP contribution in [0, 0.1) is 5.92 Å². The van der Waals surface area contributed by atoms with Crippen LogP contribution in [0.2, 0.25) is 0 Å². The van der Waals surface area contributed by atoms with Crippen molar-refractivity contribution in [3.8, 4) is 0 Å². The maximum Gasteiger partial charge on any atom is 0.306 e. The normalized spacial score (nSPS) is 23.3. The van der Waals surface area contributed by atoms with Crippen LogP contribution in [0.25, 0.3) is 0 Å². The Hall–Kier alpha value is -1.85. The van der Waals surface area contributed by atoms with E-state index in [1.165, 1.54) is 6.33 Å². The Morgan fingerprint density at radius 3 is 2.79 bits per heavy atom. The van der Waals surface area contributed by atoms with Gasteiger partial charge >= 0.3 is 5.97 Å². The molecule has 0 aromatic carbocycles. The van der Waals surface area contributed by atoms with Crippen molar-refractivity contribution in [3.63, 3.8) is 0 Å². The molecule has 19 heavy (non-hydrogen) atoms. The van der Waals surface area contributed by atoms with Crippen LogP contribution in [-0.2, 0) is 4.79 Å². The lowest BCUT2D eigenvalue weighted by Gasteiger charge is -2.33. The number of hydrogen-bond donors (Lipinski definition) is 3. The molecule has 2 rings (SSSR count). The van der Waals surface area contributed by atoms with Gasteiger partial charge in [-0.3, -0.25) is 4.79 Å². The molecule has 1 saturated carbocycles. The third-order valence-electron chi connectivity index (χ3n) is 3.51. The number of carboxylic acid groups (broad SMARTS) is 1. The summed E-state index contributed by atoms with van der Waals surface area (Å²) in [6, 6.07) is 2.43. The Balaban J connectivity index is 1.88. The van der Waals surface area contributed by atoms with Gasteiger partial charge in [0.25, 0.3) is 0 Å². The van der Waals surface area contributed by atoms with E-state index in [1.807, 2.05) is 6.07 Å². The fraction of sp³-hybridized carbons (Fsp3) is 0.615. The lowest BCUT2D eigenvalue weighted by Crippen LogP contribution is -2.39. The second-order valence-corrected chi connectivity index (χ2v) is 5.09. The van der Waals surface area contributed by atoms with E-state index in [0.717, 1.165) is 18.1 Å². The minimum absolute atomic E-state index is 0.201. The first kappa shape index (κ1) is 13.6. The van der Waals surface area contributed by atoms with E-state index in [9.17, 15) is 4.79 Å². The highest BCUT2D eigenvalue weighted by molar-refractivity contribution is 5.71. The van der Waals surface area contributed by atoms with Gasteiger partial charge in [0.15, 0.2) is 0 Å². The van der Waals surface area contributed by atoms with Gasteiger partial charge in [0.1, 0.15) is 18.0 Å². The Kier molecular flexibility index (Phi) is 4.19. The van der Waals surface area contributed by atoms with Crippen LogP contribution in [0.1, 0.15) is 33.1 Å². The van der Waals surface area contributed by atoms with Gasteiger partial charge < -0.3 is 15.7 Å². The monoisotopic (exact) mass is 264 g/mol. The lowest BCUT2D eigenvalue weighted by atomic mass is 9.80. The summed E-state index contributed by atoms with van der Waals surface area (Å²) in [5.41, 5.74) is 0. The SMILES string of the molecule is CCC(C)Nc1cc(NC2CC(C(=O)O)C2)ncn1. The first-order valence-corrected chi connectivity index (χ1v) is 6.66. The van der Waals surface area contributed by atoms with Crippen LogP contribution in [0.5, 0.6) is 0 Å². The molecule has 104 valence electrons. The molecule has 0 aliphatic heterocycles. The molecular formula is C13H20N4O2. The Morgan fingerprint density at radius 1 is 1.47 bits per heavy atom. The van der Waals surface area contributed by atoms with E-state index >= 15 is 0 Å². The minimum Gasteiger partial charge on any atom is -0.481 e. The number of hydrogen-bond acceptors (Lipinski definition) is 5. The summed E-state index contributed by atoms with van der Waals surface area (Å²) in [4.78, 5) is 19.0. The number of aromatic nitrogens is 2. The Morgan fingerprint density at radius 2 is 2.16 bits per heavy atom. The molecule has 1 aromatic heterocycles. The molecule has 3 N–H and O–H groups in total. The van der Waals surface area contributed by atoms with Gasteiger partial charge in [-0.05, 0) is 26.2 Å². The summed E-state index contributed by atoms with van der Waals surface area (Å²) >= 11 is 0. The van der Waals surface area contributed by atoms with Crippen molar-refractivity contribution in [1.29, 1.82) is 0 Å². The molecule has 6 nitrogen and oxygen atoms in total. The largest absolute Gasteiger partial charge is 0.481 e. The summed E-state index contributed by atoms with van der Waals surface area (Å²) in [5.74, 6) is 0.618. The second-order valence-electron chi connectivity index (χ2n) is 5.09. The lowest BCUT2D eigenvalue weighted by molar-refractivity contribution is -0.144. The average molecular weight is 264 g/mol. The van der Waals surface area contributed by atoms with Crippen LogP contribution in [0.3, 0.4) is 0 Å². The topological polar surface area (TPSA) is 87.1 Å². The maximum absolute atomic E-state index is 10.7. The van der Waals surface area contributed by atoms with Crippen molar-refractivity contribution in [3.05, 3.63) is 12.4 Å². The zero-order chi connectivity index (χ0) is 13.8. The molecule has 0 amide bonds. The molecule has 0 bridgehead atoms. The van der Waals surface area contributed by atoms with Gasteiger partial charge in [-0.25, -0.2) is 9.97 Å². The van der Waals surface area contributed by atoms with Crippen LogP contribution >= 0.6 is 0 Å². The second kappa shape index (κ2) is 5.86. The van der Waals surface area contributed by atoms with E-state index in [-0.39, 0.29) is 12.0 Å². The van der Waals surface area contributed by atoms with Gasteiger partial charge in [0.2, 0.25) is 0 Å². The van der Waals surface area contributed by atoms with Gasteiger partial charge in [-0.2, -0.15) is 0 Å². The predicted octanol–water partition coefficient (Wildman–Crippen LogP) is 1.96. The molecule has 0 saturated heterocycles. The van der Waals surface area contributed by atoms with E-state index in [0.29, 0.717) is 18.9 Å². The van der Waals surface area contributed by atoms with E-state index in [4.69, 9.17) is 5.11 Å². The fourth-order valence-electron chi connectivity index (χ4n) is 2.02. The molecule has 1 aliphatic rings. The molecule has 6 heteroatoms. The molecule has 1 fully saturated rings. The molecule has 1 atom stereocenters. The predicted molar refractivity (Wildman–Crippen MR) is 73.2 cm³/mol. The molecule has 1 heterocycles. The first-order valence-electron chi connectivity index (χ1n) is 6.66. The standard InChI is InChI=1S/C13H20N4O2/c1-3-8(2)16-11-6-12(15-7-14-11)17-10-4-9(5-10)13(18)19/h6-10H,3-5H2,1-2H3,(H,18,19)(H2,14,15,16,17). The number of nitrogens with zero attached hydrogens (tertiary/aromatic N) is 2. The molecule has 0 spiro atoms. The summed E-state index contributed by atoms with van der Waals surface area (Å²) < 4.78 is 0. The smallest absolute Gasteiger partial charge is 0.306 e. The number of carboxylic acids is 1. The molecule has 1 unspecified atom stereocenters. The quantitative estimate of drug-likeness (QED) is 0.728. The van der Waals surface area contributed by atoms with Gasteiger partial charge in [0.05, 0.1) is 5.92 Å². The average Bonchev–Trinajstić information content (AvgIpc) is 2.33. The maximum atomic E-state index is 10.7. The molecule has 1 aliphatic carbocycles. The molecule has 0 radical (unpaired) electrons. The molecular weight excluding hydrogens is 244 g/mol. The highest BCUT2D eigenvalue weighted by Gasteiger charge is 2.34. The third kappa shape index (κ3) is 3.56. The zero-order valence-corrected chi connectivity index (χ0v) is 11.3. The van der Waals surface area contributed by atoms with Crippen LogP contribution in [-0.4, -0.2) is 33.1 Å². The summed E-state index contributed by atoms with van der Waals surface area (Å²) in [6.07, 6.45) is 3.86. The highest BCUT2D eigenvalue weighted by atomic mass is 16.4. The number of rotatable bonds is 6. The number of anilines is 2. The number of carbonyl (C=O) groups is 1. The van der Waals surface area contributed by atoms with Crippen molar-refractivity contribution in [2.45, 2.75) is 45.2 Å². The van der Waals surface area contributed by atoms with Crippen LogP contribution in [0.15, 0.2) is 12.4 Å². The minimum atomic E-state index is -0.708. The van der Waals surface area contributed by atoms with E-state index in [2.05, 4.69) is 34.4 Å². The van der Waals surface area contributed by atoms with Crippen LogP contribution in [0.4, 0.5) is 11.6 Å². The van der Waals surface area contributed by atoms with Gasteiger partial charge in [-0.15, -0.1) is 0 Å². The van der Waals surface area contributed by atoms with Crippen molar-refractivity contribution in [2.75, 3.05) is 10.6 Å². The van der Waals surface area contributed by atoms with Crippen molar-refractivity contribution in [2.24, 2.45) is 5.92 Å². The zero-order valence-electron chi connectivity index (χ0n) is 11.3. The summed E-state index contributed by atoms with van der Waals surface area (Å²) in [7, 11) is 0. The highest BCUT2D eigenvalue weighted by Crippen LogP contribution is 2.30. The molecule has 1 aromatic rings. The van der Waals surface area contributed by atoms with Crippen molar-refractivity contribution in [1.82, 2.24) is 9.97 Å². The van der Waals surface area contributed by atoms with Crippen molar-refractivity contribution >= 4 is 17.6 Å². The third-order valence-corrected chi connectivity index (χ3v) is 3.51. The van der Waals surface area contributed by atoms with E-state index < -0.39 is 5.97 Å². The number of nitrogens with one attached hydrogen (secondary N) is 2. The number of aliphatic carboxylic acids is 1. The first-order chi connectivity index (χ1) is 9.08. The summed E-state index contributed by atoms with van der Waals surface area (Å²) in [6.45, 7) is 4.21. The van der Waals surface area contributed by atoms with Crippen molar-refractivity contribution < 1.29 is 9.90 Å². The summed E-state index contributed by atoms with van der Waals surface area (Å²) in [5, 5.41) is 15.3. The van der Waals surface area contributed by atoms with Crippen LogP contribution < -0.4 is 10.6 Å². The Bertz CT molecular complexity index is 446.